The van der Waals surface area contributed by atoms with Crippen molar-refractivity contribution in [1.29, 1.82) is 0 Å². The molecule has 0 saturated heterocycles. The van der Waals surface area contributed by atoms with Gasteiger partial charge in [0.05, 0.1) is 5.69 Å². The summed E-state index contributed by atoms with van der Waals surface area (Å²) in [5.41, 5.74) is 6.37. The Labute approximate surface area is 59.4 Å². The summed E-state index contributed by atoms with van der Waals surface area (Å²) in [5.74, 6) is 0. The van der Waals surface area contributed by atoms with Gasteiger partial charge in [0.15, 0.2) is 0 Å². The third kappa shape index (κ3) is 1.46. The van der Waals surface area contributed by atoms with Crippen molar-refractivity contribution >= 4 is 12.8 Å². The molecule has 0 spiro atoms. The Morgan fingerprint density at radius 1 is 1.78 bits per heavy atom. The first-order valence-electron chi connectivity index (χ1n) is 2.75. The summed E-state index contributed by atoms with van der Waals surface area (Å²) in [6.45, 7) is 0.645. The second kappa shape index (κ2) is 2.89. The molecule has 0 atom stereocenters. The van der Waals surface area contributed by atoms with Crippen molar-refractivity contribution in [3.8, 4) is 0 Å². The molecule has 0 bridgehead atoms. The van der Waals surface area contributed by atoms with E-state index in [4.69, 9.17) is 5.73 Å². The Morgan fingerprint density at radius 3 is 3.00 bits per heavy atom. The van der Waals surface area contributed by atoms with E-state index in [0.717, 1.165) is 12.1 Å². The molecule has 0 aliphatic rings. The fourth-order valence-electron chi connectivity index (χ4n) is 0.643. The SMILES string of the molecule is NCCc1cncn1S. The molecule has 1 aromatic heterocycles. The summed E-state index contributed by atoms with van der Waals surface area (Å²) in [4.78, 5) is 3.87. The molecule has 0 unspecified atom stereocenters. The average molecular weight is 143 g/mol. The van der Waals surface area contributed by atoms with Crippen molar-refractivity contribution in [2.24, 2.45) is 5.73 Å². The van der Waals surface area contributed by atoms with Crippen molar-refractivity contribution in [2.45, 2.75) is 6.42 Å². The third-order valence-electron chi connectivity index (χ3n) is 1.09. The topological polar surface area (TPSA) is 43.8 Å². The second-order valence-electron chi connectivity index (χ2n) is 1.77. The van der Waals surface area contributed by atoms with Gasteiger partial charge in [-0.25, -0.2) is 4.98 Å². The normalized spacial score (nSPS) is 10.0. The zero-order valence-corrected chi connectivity index (χ0v) is 5.88. The van der Waals surface area contributed by atoms with Gasteiger partial charge in [0.2, 0.25) is 0 Å². The van der Waals surface area contributed by atoms with Gasteiger partial charge in [0.25, 0.3) is 0 Å². The molecule has 0 radical (unpaired) electrons. The molecular weight excluding hydrogens is 134 g/mol. The van der Waals surface area contributed by atoms with Crippen LogP contribution in [-0.2, 0) is 6.42 Å². The Balaban J connectivity index is 2.69. The Kier molecular flexibility index (Phi) is 2.13. The Hall–Kier alpha value is -0.480. The molecule has 1 heterocycles. The lowest BCUT2D eigenvalue weighted by atomic mass is 10.3. The molecule has 0 saturated carbocycles. The number of nitrogens with two attached hydrogens (primary N) is 1. The maximum absolute atomic E-state index is 5.31. The molecule has 1 rings (SSSR count). The minimum Gasteiger partial charge on any atom is -0.330 e. The summed E-state index contributed by atoms with van der Waals surface area (Å²) < 4.78 is 1.67. The van der Waals surface area contributed by atoms with Gasteiger partial charge in [-0.15, -0.1) is 0 Å². The number of imidazole rings is 1. The highest BCUT2D eigenvalue weighted by atomic mass is 32.1. The van der Waals surface area contributed by atoms with E-state index in [1.807, 2.05) is 0 Å². The van der Waals surface area contributed by atoms with Crippen molar-refractivity contribution in [3.05, 3.63) is 18.2 Å². The van der Waals surface area contributed by atoms with Crippen LogP contribution in [0.2, 0.25) is 0 Å². The highest BCUT2D eigenvalue weighted by Gasteiger charge is 1.94. The summed E-state index contributed by atoms with van der Waals surface area (Å²) in [6, 6.07) is 0. The fourth-order valence-corrected chi connectivity index (χ4v) is 0.854. The van der Waals surface area contributed by atoms with Gasteiger partial charge < -0.3 is 5.73 Å². The summed E-state index contributed by atoms with van der Waals surface area (Å²) in [6.07, 6.45) is 4.25. The average Bonchev–Trinajstić information content (AvgIpc) is 2.18. The van der Waals surface area contributed by atoms with Crippen LogP contribution in [0.4, 0.5) is 0 Å². The van der Waals surface area contributed by atoms with E-state index < -0.39 is 0 Å². The van der Waals surface area contributed by atoms with E-state index in [-0.39, 0.29) is 0 Å². The van der Waals surface area contributed by atoms with Crippen molar-refractivity contribution in [2.75, 3.05) is 6.54 Å². The van der Waals surface area contributed by atoms with E-state index in [0.29, 0.717) is 6.54 Å². The van der Waals surface area contributed by atoms with Crippen LogP contribution in [0.15, 0.2) is 12.5 Å². The molecule has 0 aromatic carbocycles. The summed E-state index contributed by atoms with van der Waals surface area (Å²) in [7, 11) is 0. The first kappa shape index (κ1) is 6.64. The van der Waals surface area contributed by atoms with Crippen molar-refractivity contribution in [1.82, 2.24) is 8.96 Å². The molecule has 0 aliphatic heterocycles. The zero-order chi connectivity index (χ0) is 6.69. The minimum atomic E-state index is 0.645. The molecule has 9 heavy (non-hydrogen) atoms. The number of hydrogen-bond acceptors (Lipinski definition) is 3. The van der Waals surface area contributed by atoms with E-state index in [9.17, 15) is 0 Å². The van der Waals surface area contributed by atoms with Crippen molar-refractivity contribution in [3.63, 3.8) is 0 Å². The van der Waals surface area contributed by atoms with Crippen LogP contribution in [-0.4, -0.2) is 15.5 Å². The molecular formula is C5H9N3S. The Morgan fingerprint density at radius 2 is 2.56 bits per heavy atom. The van der Waals surface area contributed by atoms with Gasteiger partial charge in [-0.1, -0.05) is 12.8 Å². The van der Waals surface area contributed by atoms with Crippen LogP contribution in [0.3, 0.4) is 0 Å². The lowest BCUT2D eigenvalue weighted by Gasteiger charge is -1.94. The maximum Gasteiger partial charge on any atom is 0.105 e. The van der Waals surface area contributed by atoms with Crippen LogP contribution < -0.4 is 5.73 Å². The number of rotatable bonds is 2. The predicted molar refractivity (Wildman–Crippen MR) is 39.4 cm³/mol. The van der Waals surface area contributed by atoms with Gasteiger partial charge in [0.1, 0.15) is 6.33 Å². The number of aromatic nitrogens is 2. The minimum absolute atomic E-state index is 0.645. The van der Waals surface area contributed by atoms with Gasteiger partial charge in [-0.05, 0) is 6.54 Å². The molecule has 1 aromatic rings. The smallest absolute Gasteiger partial charge is 0.105 e. The van der Waals surface area contributed by atoms with Crippen LogP contribution in [0.1, 0.15) is 5.69 Å². The third-order valence-corrected chi connectivity index (χ3v) is 1.45. The highest BCUT2D eigenvalue weighted by Crippen LogP contribution is 1.99. The standard InChI is InChI=1S/C5H9N3S/c6-2-1-5-3-7-4-8(5)9/h3-4,9H,1-2,6H2. The lowest BCUT2D eigenvalue weighted by molar-refractivity contribution is 0.920. The second-order valence-corrected chi connectivity index (χ2v) is 2.20. The largest absolute Gasteiger partial charge is 0.330 e. The van der Waals surface area contributed by atoms with Gasteiger partial charge in [-0.3, -0.25) is 3.97 Å². The van der Waals surface area contributed by atoms with Crippen LogP contribution >= 0.6 is 12.8 Å². The first-order chi connectivity index (χ1) is 4.34. The van der Waals surface area contributed by atoms with Crippen molar-refractivity contribution < 1.29 is 0 Å². The highest BCUT2D eigenvalue weighted by molar-refractivity contribution is 7.78. The van der Waals surface area contributed by atoms with E-state index >= 15 is 0 Å². The first-order valence-corrected chi connectivity index (χ1v) is 3.15. The quantitative estimate of drug-likeness (QED) is 0.576. The molecule has 4 heteroatoms. The Bertz CT molecular complexity index is 184. The van der Waals surface area contributed by atoms with Gasteiger partial charge >= 0.3 is 0 Å². The lowest BCUT2D eigenvalue weighted by Crippen LogP contribution is -2.04. The van der Waals surface area contributed by atoms with Crippen LogP contribution in [0, 0.1) is 0 Å². The molecule has 0 aliphatic carbocycles. The van der Waals surface area contributed by atoms with Gasteiger partial charge in [-0.2, -0.15) is 0 Å². The monoisotopic (exact) mass is 143 g/mol. The van der Waals surface area contributed by atoms with E-state index in [1.54, 1.807) is 16.5 Å². The molecule has 50 valence electrons. The van der Waals surface area contributed by atoms with Crippen LogP contribution in [0.5, 0.6) is 0 Å². The molecule has 0 fully saturated rings. The van der Waals surface area contributed by atoms with Gasteiger partial charge in [0, 0.05) is 12.6 Å². The van der Waals surface area contributed by atoms with E-state index in [1.165, 1.54) is 0 Å². The molecule has 3 nitrogen and oxygen atoms in total. The predicted octanol–water partition coefficient (Wildman–Crippen LogP) is 0.0772. The zero-order valence-electron chi connectivity index (χ0n) is 4.99. The molecule has 2 N–H and O–H groups in total. The van der Waals surface area contributed by atoms with Crippen LogP contribution in [0.25, 0.3) is 0 Å². The number of hydrogen-bond donors (Lipinski definition) is 2. The fraction of sp³-hybridized carbons (Fsp3) is 0.400. The van der Waals surface area contributed by atoms with E-state index in [2.05, 4.69) is 17.8 Å². The summed E-state index contributed by atoms with van der Waals surface area (Å²) >= 11 is 4.08. The molecule has 0 amide bonds. The maximum atomic E-state index is 5.31. The number of thiol groups is 1. The summed E-state index contributed by atoms with van der Waals surface area (Å²) in [5, 5.41) is 0. The number of nitrogens with zero attached hydrogens (tertiary/aromatic N) is 2.